The van der Waals surface area contributed by atoms with Gasteiger partial charge in [0.25, 0.3) is 5.91 Å². The van der Waals surface area contributed by atoms with E-state index in [-0.39, 0.29) is 11.8 Å². The Morgan fingerprint density at radius 3 is 2.96 bits per heavy atom. The third kappa shape index (κ3) is 3.88. The second-order valence-corrected chi connectivity index (χ2v) is 6.13. The zero-order valence-electron chi connectivity index (χ0n) is 14.6. The first-order chi connectivity index (χ1) is 12.7. The van der Waals surface area contributed by atoms with E-state index in [4.69, 9.17) is 5.26 Å². The van der Waals surface area contributed by atoms with Gasteiger partial charge in [-0.1, -0.05) is 6.08 Å². The van der Waals surface area contributed by atoms with Crippen molar-refractivity contribution in [3.63, 3.8) is 0 Å². The van der Waals surface area contributed by atoms with Crippen LogP contribution in [-0.4, -0.2) is 48.7 Å². The number of piperidine rings is 1. The zero-order valence-corrected chi connectivity index (χ0v) is 14.6. The molecular formula is C18H21N7O. The van der Waals surface area contributed by atoms with Crippen molar-refractivity contribution in [3.05, 3.63) is 29.6 Å². The van der Waals surface area contributed by atoms with Crippen molar-refractivity contribution < 1.29 is 4.79 Å². The second-order valence-electron chi connectivity index (χ2n) is 6.13. The standard InChI is InChI=1S/C18H21N7O/c1-20-11-14(15-4-2-3-7-21-15)18(26)23-16-12-22-24-17(16)25-8-5-13(10-19)6-9-25/h2-3,7,11-13H,4-6,8-9H2,1H3,(H,22,24)(H,23,26)/b15-14-,20-11-. The number of hydrogen-bond acceptors (Lipinski definition) is 6. The molecule has 1 amide bonds. The first-order valence-electron chi connectivity index (χ1n) is 8.57. The van der Waals surface area contributed by atoms with Crippen LogP contribution in [0.1, 0.15) is 19.3 Å². The van der Waals surface area contributed by atoms with E-state index in [1.54, 1.807) is 19.5 Å². The number of nitriles is 1. The molecule has 1 aromatic heterocycles. The van der Waals surface area contributed by atoms with Crippen molar-refractivity contribution in [3.8, 4) is 6.07 Å². The highest BCUT2D eigenvalue weighted by Crippen LogP contribution is 2.28. The van der Waals surface area contributed by atoms with E-state index >= 15 is 0 Å². The first kappa shape index (κ1) is 17.6. The summed E-state index contributed by atoms with van der Waals surface area (Å²) in [4.78, 5) is 23.1. The minimum Gasteiger partial charge on any atom is -0.353 e. The van der Waals surface area contributed by atoms with Gasteiger partial charge >= 0.3 is 0 Å². The van der Waals surface area contributed by atoms with Crippen LogP contribution in [0.2, 0.25) is 0 Å². The molecule has 0 saturated carbocycles. The topological polar surface area (TPSA) is 110 Å². The molecule has 0 aromatic carbocycles. The van der Waals surface area contributed by atoms with Gasteiger partial charge in [-0.2, -0.15) is 10.4 Å². The second kappa shape index (κ2) is 8.25. The minimum atomic E-state index is -0.271. The van der Waals surface area contributed by atoms with Gasteiger partial charge in [-0.3, -0.25) is 19.9 Å². The normalized spacial score (nSPS) is 19.6. The van der Waals surface area contributed by atoms with Crippen molar-refractivity contribution in [2.24, 2.45) is 15.9 Å². The number of H-pyrrole nitrogens is 1. The Bertz CT molecular complexity index is 817. The molecule has 1 aromatic rings. The quantitative estimate of drug-likeness (QED) is 0.639. The Morgan fingerprint density at radius 1 is 1.50 bits per heavy atom. The fourth-order valence-electron chi connectivity index (χ4n) is 3.02. The predicted molar refractivity (Wildman–Crippen MR) is 101 cm³/mol. The lowest BCUT2D eigenvalue weighted by atomic mass is 9.99. The number of aromatic nitrogens is 2. The predicted octanol–water partition coefficient (Wildman–Crippen LogP) is 2.07. The van der Waals surface area contributed by atoms with Gasteiger partial charge in [0.2, 0.25) is 0 Å². The maximum atomic E-state index is 12.8. The number of hydrogen-bond donors (Lipinski definition) is 2. The number of nitrogens with one attached hydrogen (secondary N) is 2. The highest BCUT2D eigenvalue weighted by molar-refractivity contribution is 6.19. The van der Waals surface area contributed by atoms with E-state index in [0.29, 0.717) is 29.2 Å². The van der Waals surface area contributed by atoms with E-state index in [1.165, 1.54) is 6.21 Å². The van der Waals surface area contributed by atoms with E-state index in [2.05, 4.69) is 36.5 Å². The largest absolute Gasteiger partial charge is 0.353 e. The van der Waals surface area contributed by atoms with Crippen LogP contribution < -0.4 is 10.2 Å². The van der Waals surface area contributed by atoms with Crippen LogP contribution in [0.4, 0.5) is 11.5 Å². The van der Waals surface area contributed by atoms with Gasteiger partial charge < -0.3 is 10.2 Å². The van der Waals surface area contributed by atoms with Crippen LogP contribution in [0, 0.1) is 17.2 Å². The molecule has 0 unspecified atom stereocenters. The number of anilines is 2. The highest BCUT2D eigenvalue weighted by Gasteiger charge is 2.24. The van der Waals surface area contributed by atoms with Gasteiger partial charge in [-0.15, -0.1) is 0 Å². The number of nitrogens with zero attached hydrogens (tertiary/aromatic N) is 5. The summed E-state index contributed by atoms with van der Waals surface area (Å²) in [5.41, 5.74) is 1.72. The minimum absolute atomic E-state index is 0.0950. The molecule has 2 aliphatic rings. The van der Waals surface area contributed by atoms with Gasteiger partial charge in [-0.25, -0.2) is 0 Å². The molecule has 0 bridgehead atoms. The van der Waals surface area contributed by atoms with Gasteiger partial charge in [0.05, 0.1) is 17.3 Å². The maximum Gasteiger partial charge on any atom is 0.259 e. The highest BCUT2D eigenvalue weighted by atomic mass is 16.1. The summed E-state index contributed by atoms with van der Waals surface area (Å²) in [6.45, 7) is 1.48. The molecule has 8 nitrogen and oxygen atoms in total. The molecule has 134 valence electrons. The van der Waals surface area contributed by atoms with E-state index in [1.807, 2.05) is 12.2 Å². The van der Waals surface area contributed by atoms with Crippen LogP contribution in [-0.2, 0) is 4.79 Å². The van der Waals surface area contributed by atoms with Crippen LogP contribution in [0.5, 0.6) is 0 Å². The fourth-order valence-corrected chi connectivity index (χ4v) is 3.02. The lowest BCUT2D eigenvalue weighted by molar-refractivity contribution is -0.112. The summed E-state index contributed by atoms with van der Waals surface area (Å²) in [6, 6.07) is 2.32. The summed E-state index contributed by atoms with van der Waals surface area (Å²) < 4.78 is 0. The van der Waals surface area contributed by atoms with E-state index in [0.717, 1.165) is 25.9 Å². The molecule has 1 fully saturated rings. The van der Waals surface area contributed by atoms with Gasteiger partial charge in [0.1, 0.15) is 5.69 Å². The molecule has 0 atom stereocenters. The summed E-state index contributed by atoms with van der Waals surface area (Å²) in [7, 11) is 1.62. The van der Waals surface area contributed by atoms with Gasteiger partial charge in [0, 0.05) is 51.1 Å². The van der Waals surface area contributed by atoms with Crippen molar-refractivity contribution in [1.82, 2.24) is 10.2 Å². The third-order valence-electron chi connectivity index (χ3n) is 4.42. The number of aliphatic imine (C=N–C) groups is 2. The zero-order chi connectivity index (χ0) is 18.4. The van der Waals surface area contributed by atoms with Crippen LogP contribution in [0.15, 0.2) is 39.6 Å². The fraction of sp³-hybridized carbons (Fsp3) is 0.389. The Morgan fingerprint density at radius 2 is 2.31 bits per heavy atom. The van der Waals surface area contributed by atoms with Crippen LogP contribution in [0.3, 0.4) is 0 Å². The van der Waals surface area contributed by atoms with Crippen molar-refractivity contribution in [2.45, 2.75) is 19.3 Å². The SMILES string of the molecule is C/N=C\C(C(=O)Nc1c[nH]nc1N1CCC(C#N)CC1)=C1/CC=CC=N1. The molecule has 26 heavy (non-hydrogen) atoms. The third-order valence-corrected chi connectivity index (χ3v) is 4.42. The Hall–Kier alpha value is -3.21. The average Bonchev–Trinajstić information content (AvgIpc) is 3.14. The Labute approximate surface area is 152 Å². The maximum absolute atomic E-state index is 12.8. The monoisotopic (exact) mass is 351 g/mol. The Kier molecular flexibility index (Phi) is 5.59. The number of aromatic amines is 1. The molecule has 2 N–H and O–H groups in total. The molecule has 1 saturated heterocycles. The molecule has 3 rings (SSSR count). The summed E-state index contributed by atoms with van der Waals surface area (Å²) in [5, 5.41) is 19.0. The summed E-state index contributed by atoms with van der Waals surface area (Å²) >= 11 is 0. The van der Waals surface area contributed by atoms with E-state index < -0.39 is 0 Å². The number of carbonyl (C=O) groups excluding carboxylic acids is 1. The van der Waals surface area contributed by atoms with Crippen LogP contribution in [0.25, 0.3) is 0 Å². The number of amides is 1. The van der Waals surface area contributed by atoms with E-state index in [9.17, 15) is 4.79 Å². The molecule has 0 spiro atoms. The molecule has 3 heterocycles. The lowest BCUT2D eigenvalue weighted by Gasteiger charge is -2.29. The first-order valence-corrected chi connectivity index (χ1v) is 8.57. The van der Waals surface area contributed by atoms with Crippen molar-refractivity contribution in [2.75, 3.05) is 30.4 Å². The lowest BCUT2D eigenvalue weighted by Crippen LogP contribution is -2.34. The van der Waals surface area contributed by atoms with Crippen molar-refractivity contribution >= 4 is 29.8 Å². The molecule has 8 heteroatoms. The molecule has 0 aliphatic carbocycles. The number of rotatable bonds is 4. The average molecular weight is 351 g/mol. The summed E-state index contributed by atoms with van der Waals surface area (Å²) in [6.07, 6.45) is 10.8. The molecule has 0 radical (unpaired) electrons. The Balaban J connectivity index is 1.76. The number of allylic oxidation sites excluding steroid dienone is 2. The molecular weight excluding hydrogens is 330 g/mol. The van der Waals surface area contributed by atoms with Crippen LogP contribution >= 0.6 is 0 Å². The van der Waals surface area contributed by atoms with Gasteiger partial charge in [-0.05, 0) is 18.9 Å². The van der Waals surface area contributed by atoms with Gasteiger partial charge in [0.15, 0.2) is 5.82 Å². The number of dihydropyridines is 1. The smallest absolute Gasteiger partial charge is 0.259 e. The summed E-state index contributed by atoms with van der Waals surface area (Å²) in [5.74, 6) is 0.518. The number of carbonyl (C=O) groups is 1. The molecule has 2 aliphatic heterocycles. The van der Waals surface area contributed by atoms with Crippen molar-refractivity contribution in [1.29, 1.82) is 5.26 Å².